The van der Waals surface area contributed by atoms with Crippen molar-refractivity contribution in [3.05, 3.63) is 23.4 Å². The lowest BCUT2D eigenvalue weighted by molar-refractivity contribution is -0.123. The third kappa shape index (κ3) is 3.43. The molecule has 0 saturated heterocycles. The molecular weight excluding hydrogens is 276 g/mol. The highest BCUT2D eigenvalue weighted by Gasteiger charge is 2.21. The van der Waals surface area contributed by atoms with Gasteiger partial charge in [-0.2, -0.15) is 0 Å². The van der Waals surface area contributed by atoms with Gasteiger partial charge in [0.1, 0.15) is 0 Å². The van der Waals surface area contributed by atoms with Crippen molar-refractivity contribution in [2.24, 2.45) is 5.73 Å². The summed E-state index contributed by atoms with van der Waals surface area (Å²) in [5, 5.41) is 10.0. The molecule has 0 saturated carbocycles. The number of nitrogens with zero attached hydrogens (tertiary/aromatic N) is 3. The van der Waals surface area contributed by atoms with Crippen molar-refractivity contribution in [2.75, 3.05) is 6.54 Å². The minimum absolute atomic E-state index is 0.351. The molecule has 108 valence electrons. The van der Waals surface area contributed by atoms with E-state index in [9.17, 15) is 4.79 Å². The van der Waals surface area contributed by atoms with Crippen molar-refractivity contribution in [2.45, 2.75) is 32.9 Å². The highest BCUT2D eigenvalue weighted by molar-refractivity contribution is 7.13. The second-order valence-corrected chi connectivity index (χ2v) is 5.47. The highest BCUT2D eigenvalue weighted by atomic mass is 32.1. The Kier molecular flexibility index (Phi) is 4.86. The molecule has 0 spiro atoms. The topological polar surface area (TPSA) is 85.2 Å². The number of carbonyl (C=O) groups is 1. The summed E-state index contributed by atoms with van der Waals surface area (Å²) in [6.07, 6.45) is 0.920. The van der Waals surface area contributed by atoms with E-state index in [2.05, 4.69) is 10.2 Å². The maximum atomic E-state index is 11.3. The number of amides is 1. The van der Waals surface area contributed by atoms with Crippen LogP contribution in [0.25, 0.3) is 10.8 Å². The third-order valence-corrected chi connectivity index (χ3v) is 3.87. The lowest BCUT2D eigenvalue weighted by Gasteiger charge is -2.24. The fourth-order valence-corrected chi connectivity index (χ4v) is 2.51. The van der Waals surface area contributed by atoms with E-state index in [4.69, 9.17) is 10.2 Å². The lowest BCUT2D eigenvalue weighted by Crippen LogP contribution is -2.42. The summed E-state index contributed by atoms with van der Waals surface area (Å²) in [6, 6.07) is 3.51. The molecule has 20 heavy (non-hydrogen) atoms. The maximum absolute atomic E-state index is 11.3. The van der Waals surface area contributed by atoms with Gasteiger partial charge < -0.3 is 10.2 Å². The Morgan fingerprint density at radius 3 is 2.95 bits per heavy atom. The molecule has 0 aromatic carbocycles. The molecule has 0 fully saturated rings. The summed E-state index contributed by atoms with van der Waals surface area (Å²) in [5.41, 5.74) is 5.36. The van der Waals surface area contributed by atoms with E-state index in [0.29, 0.717) is 18.3 Å². The summed E-state index contributed by atoms with van der Waals surface area (Å²) in [7, 11) is 0. The average molecular weight is 294 g/mol. The molecule has 2 aromatic heterocycles. The van der Waals surface area contributed by atoms with Gasteiger partial charge in [0.15, 0.2) is 0 Å². The third-order valence-electron chi connectivity index (χ3n) is 3.01. The van der Waals surface area contributed by atoms with Crippen LogP contribution in [0.4, 0.5) is 0 Å². The van der Waals surface area contributed by atoms with Crippen LogP contribution in [-0.4, -0.2) is 33.6 Å². The molecule has 2 aromatic rings. The number of thiophene rings is 1. The molecule has 6 nitrogen and oxygen atoms in total. The second kappa shape index (κ2) is 6.62. The number of aromatic nitrogens is 2. The highest BCUT2D eigenvalue weighted by Crippen LogP contribution is 2.23. The monoisotopic (exact) mass is 294 g/mol. The number of carbonyl (C=O) groups excluding carboxylic acids is 1. The standard InChI is InChI=1S/C13H18N4O2S/c1-3-6-17(9(2)12(14)18)8-11-15-16-13(19-11)10-5-4-7-20-10/h4-5,7,9H,3,6,8H2,1-2H3,(H2,14,18)/t9-/m0/s1. The SMILES string of the molecule is CCCN(Cc1nnc(-c2cccs2)o1)[C@@H](C)C(N)=O. The van der Waals surface area contributed by atoms with Crippen LogP contribution in [0.5, 0.6) is 0 Å². The molecule has 0 bridgehead atoms. The zero-order chi connectivity index (χ0) is 14.5. The molecule has 0 unspecified atom stereocenters. The first-order valence-corrected chi connectivity index (χ1v) is 7.39. The summed E-state index contributed by atoms with van der Waals surface area (Å²) in [4.78, 5) is 14.2. The summed E-state index contributed by atoms with van der Waals surface area (Å²) < 4.78 is 5.63. The van der Waals surface area contributed by atoms with E-state index >= 15 is 0 Å². The average Bonchev–Trinajstić information content (AvgIpc) is 3.07. The number of primary amides is 1. The molecule has 0 aliphatic rings. The number of hydrogen-bond donors (Lipinski definition) is 1. The van der Waals surface area contributed by atoms with Crippen molar-refractivity contribution >= 4 is 17.2 Å². The van der Waals surface area contributed by atoms with Crippen LogP contribution in [0.3, 0.4) is 0 Å². The van der Waals surface area contributed by atoms with Gasteiger partial charge in [-0.15, -0.1) is 21.5 Å². The summed E-state index contributed by atoms with van der Waals surface area (Å²) in [6.45, 7) is 5.01. The van der Waals surface area contributed by atoms with Crippen molar-refractivity contribution in [3.8, 4) is 10.8 Å². The molecule has 1 amide bonds. The number of nitrogens with two attached hydrogens (primary N) is 1. The predicted molar refractivity (Wildman–Crippen MR) is 77.0 cm³/mol. The van der Waals surface area contributed by atoms with Crippen LogP contribution in [0.1, 0.15) is 26.2 Å². The van der Waals surface area contributed by atoms with Gasteiger partial charge in [-0.1, -0.05) is 13.0 Å². The first-order chi connectivity index (χ1) is 9.61. The van der Waals surface area contributed by atoms with Crippen molar-refractivity contribution in [3.63, 3.8) is 0 Å². The molecule has 0 radical (unpaired) electrons. The second-order valence-electron chi connectivity index (χ2n) is 4.53. The zero-order valence-electron chi connectivity index (χ0n) is 11.6. The van der Waals surface area contributed by atoms with Gasteiger partial charge in [0.2, 0.25) is 11.8 Å². The molecule has 2 heterocycles. The van der Waals surface area contributed by atoms with Crippen LogP contribution in [-0.2, 0) is 11.3 Å². The van der Waals surface area contributed by atoms with Crippen molar-refractivity contribution in [1.82, 2.24) is 15.1 Å². The fraction of sp³-hybridized carbons (Fsp3) is 0.462. The van der Waals surface area contributed by atoms with Gasteiger partial charge in [-0.05, 0) is 31.3 Å². The number of hydrogen-bond acceptors (Lipinski definition) is 6. The van der Waals surface area contributed by atoms with E-state index in [1.54, 1.807) is 18.3 Å². The minimum atomic E-state index is -0.355. The van der Waals surface area contributed by atoms with Crippen molar-refractivity contribution in [1.29, 1.82) is 0 Å². The molecule has 2 N–H and O–H groups in total. The van der Waals surface area contributed by atoms with Crippen LogP contribution < -0.4 is 5.73 Å². The van der Waals surface area contributed by atoms with Gasteiger partial charge in [0.05, 0.1) is 17.5 Å². The Balaban J connectivity index is 2.09. The van der Waals surface area contributed by atoms with E-state index in [1.807, 2.05) is 29.3 Å². The first kappa shape index (κ1) is 14.7. The Labute approximate surface area is 121 Å². The largest absolute Gasteiger partial charge is 0.419 e. The maximum Gasteiger partial charge on any atom is 0.257 e. The zero-order valence-corrected chi connectivity index (χ0v) is 12.4. The van der Waals surface area contributed by atoms with Crippen LogP contribution in [0.15, 0.2) is 21.9 Å². The Morgan fingerprint density at radius 2 is 2.35 bits per heavy atom. The minimum Gasteiger partial charge on any atom is -0.419 e. The molecular formula is C13H18N4O2S. The van der Waals surface area contributed by atoms with E-state index in [1.165, 1.54) is 0 Å². The quantitative estimate of drug-likeness (QED) is 0.842. The van der Waals surface area contributed by atoms with Crippen LogP contribution in [0, 0.1) is 0 Å². The molecule has 7 heteroatoms. The Hall–Kier alpha value is -1.73. The van der Waals surface area contributed by atoms with Crippen LogP contribution in [0.2, 0.25) is 0 Å². The van der Waals surface area contributed by atoms with Gasteiger partial charge in [-0.3, -0.25) is 9.69 Å². The Morgan fingerprint density at radius 1 is 1.55 bits per heavy atom. The molecule has 1 atom stereocenters. The van der Waals surface area contributed by atoms with Gasteiger partial charge >= 0.3 is 0 Å². The Bertz CT molecular complexity index is 552. The normalized spacial score (nSPS) is 12.8. The smallest absolute Gasteiger partial charge is 0.257 e. The van der Waals surface area contributed by atoms with Crippen molar-refractivity contribution < 1.29 is 9.21 Å². The molecule has 0 aliphatic carbocycles. The van der Waals surface area contributed by atoms with Gasteiger partial charge in [0, 0.05) is 0 Å². The van der Waals surface area contributed by atoms with E-state index < -0.39 is 0 Å². The predicted octanol–water partition coefficient (Wildman–Crippen LogP) is 1.88. The van der Waals surface area contributed by atoms with Gasteiger partial charge in [-0.25, -0.2) is 0 Å². The van der Waals surface area contributed by atoms with E-state index in [-0.39, 0.29) is 11.9 Å². The van der Waals surface area contributed by atoms with Crippen LogP contribution >= 0.6 is 11.3 Å². The fourth-order valence-electron chi connectivity index (χ4n) is 1.87. The number of rotatable bonds is 7. The lowest BCUT2D eigenvalue weighted by atomic mass is 10.2. The van der Waals surface area contributed by atoms with E-state index in [0.717, 1.165) is 17.8 Å². The van der Waals surface area contributed by atoms with Gasteiger partial charge in [0.25, 0.3) is 5.89 Å². The summed E-state index contributed by atoms with van der Waals surface area (Å²) in [5.74, 6) is 0.657. The summed E-state index contributed by atoms with van der Waals surface area (Å²) >= 11 is 1.55. The molecule has 0 aliphatic heterocycles. The first-order valence-electron chi connectivity index (χ1n) is 6.51. The molecule has 2 rings (SSSR count).